The van der Waals surface area contributed by atoms with E-state index in [9.17, 15) is 0 Å². The van der Waals surface area contributed by atoms with Gasteiger partial charge in [-0.3, -0.25) is 4.90 Å². The van der Waals surface area contributed by atoms with Gasteiger partial charge < -0.3 is 0 Å². The van der Waals surface area contributed by atoms with Crippen LogP contribution in [0.3, 0.4) is 0 Å². The Morgan fingerprint density at radius 1 is 1.53 bits per heavy atom. The summed E-state index contributed by atoms with van der Waals surface area (Å²) >= 11 is 9.64. The van der Waals surface area contributed by atoms with Crippen molar-refractivity contribution in [3.63, 3.8) is 0 Å². The molecule has 0 radical (unpaired) electrons. The van der Waals surface area contributed by atoms with Crippen molar-refractivity contribution in [2.45, 2.75) is 25.3 Å². The Labute approximate surface area is 105 Å². The lowest BCUT2D eigenvalue weighted by molar-refractivity contribution is 0.332. The number of hydrogen-bond acceptors (Lipinski definition) is 1. The van der Waals surface area contributed by atoms with Crippen molar-refractivity contribution in [1.82, 2.24) is 4.90 Å². The van der Waals surface area contributed by atoms with Crippen LogP contribution in [0.25, 0.3) is 0 Å². The zero-order valence-electron chi connectivity index (χ0n) is 8.84. The summed E-state index contributed by atoms with van der Waals surface area (Å²) in [5, 5.41) is 0.346. The number of alkyl halides is 1. The summed E-state index contributed by atoms with van der Waals surface area (Å²) in [5.74, 6) is 0. The summed E-state index contributed by atoms with van der Waals surface area (Å²) < 4.78 is 1.20. The van der Waals surface area contributed by atoms with Crippen molar-refractivity contribution < 1.29 is 0 Å². The Balaban J connectivity index is 2.02. The van der Waals surface area contributed by atoms with Gasteiger partial charge in [0.25, 0.3) is 0 Å². The average Bonchev–Trinajstić information content (AvgIpc) is 2.58. The van der Waals surface area contributed by atoms with Gasteiger partial charge in [0.05, 0.1) is 0 Å². The molecule has 1 saturated heterocycles. The third-order valence-electron chi connectivity index (χ3n) is 2.86. The van der Waals surface area contributed by atoms with Crippen molar-refractivity contribution in [3.8, 4) is 0 Å². The van der Waals surface area contributed by atoms with Crippen molar-refractivity contribution in [2.24, 2.45) is 0 Å². The fourth-order valence-corrected chi connectivity index (χ4v) is 2.64. The lowest BCUT2D eigenvalue weighted by atomic mass is 10.1. The van der Waals surface area contributed by atoms with Gasteiger partial charge in [0, 0.05) is 22.9 Å². The molecule has 0 aromatic heterocycles. The van der Waals surface area contributed by atoms with Crippen LogP contribution in [0.1, 0.15) is 17.5 Å². The fraction of sp³-hybridized carbons (Fsp3) is 0.500. The lowest BCUT2D eigenvalue weighted by Gasteiger charge is -2.15. The van der Waals surface area contributed by atoms with Gasteiger partial charge in [-0.1, -0.05) is 28.1 Å². The molecule has 1 nitrogen and oxygen atoms in total. The summed E-state index contributed by atoms with van der Waals surface area (Å²) in [6, 6.07) is 6.56. The SMILES string of the molecule is Cc1ccc(CN2CCC(Cl)C2)cc1Br. The number of benzene rings is 1. The molecule has 0 spiro atoms. The zero-order chi connectivity index (χ0) is 10.8. The van der Waals surface area contributed by atoms with E-state index in [1.807, 2.05) is 0 Å². The van der Waals surface area contributed by atoms with Crippen LogP contribution in [0.4, 0.5) is 0 Å². The molecule has 2 rings (SSSR count). The highest BCUT2D eigenvalue weighted by molar-refractivity contribution is 9.10. The molecule has 1 heterocycles. The van der Waals surface area contributed by atoms with Gasteiger partial charge in [0.2, 0.25) is 0 Å². The zero-order valence-corrected chi connectivity index (χ0v) is 11.2. The van der Waals surface area contributed by atoms with Crippen molar-refractivity contribution in [1.29, 1.82) is 0 Å². The van der Waals surface area contributed by atoms with E-state index in [1.165, 1.54) is 15.6 Å². The van der Waals surface area contributed by atoms with E-state index in [0.717, 1.165) is 26.1 Å². The standard InChI is InChI=1S/C12H15BrClN/c1-9-2-3-10(6-12(9)13)7-15-5-4-11(14)8-15/h2-3,6,11H,4-5,7-8H2,1H3. The van der Waals surface area contributed by atoms with Gasteiger partial charge in [-0.25, -0.2) is 0 Å². The molecule has 1 aromatic rings. The van der Waals surface area contributed by atoms with Crippen LogP contribution in [0.2, 0.25) is 0 Å². The number of aryl methyl sites for hydroxylation is 1. The minimum Gasteiger partial charge on any atom is -0.298 e. The second-order valence-corrected chi connectivity index (χ2v) is 5.68. The van der Waals surface area contributed by atoms with Crippen LogP contribution in [0, 0.1) is 6.92 Å². The van der Waals surface area contributed by atoms with Crippen molar-refractivity contribution in [3.05, 3.63) is 33.8 Å². The van der Waals surface area contributed by atoms with Crippen LogP contribution < -0.4 is 0 Å². The second-order valence-electron chi connectivity index (χ2n) is 4.20. The molecule has 15 heavy (non-hydrogen) atoms. The number of halogens is 2. The lowest BCUT2D eigenvalue weighted by Crippen LogP contribution is -2.20. The Kier molecular flexibility index (Phi) is 3.70. The van der Waals surface area contributed by atoms with E-state index in [-0.39, 0.29) is 0 Å². The first-order chi connectivity index (χ1) is 7.15. The van der Waals surface area contributed by atoms with E-state index in [0.29, 0.717) is 5.38 Å². The largest absolute Gasteiger partial charge is 0.298 e. The first kappa shape index (κ1) is 11.4. The minimum absolute atomic E-state index is 0.346. The molecular weight excluding hydrogens is 273 g/mol. The maximum Gasteiger partial charge on any atom is 0.0475 e. The van der Waals surface area contributed by atoms with Gasteiger partial charge >= 0.3 is 0 Å². The van der Waals surface area contributed by atoms with E-state index in [2.05, 4.69) is 46.0 Å². The molecule has 0 N–H and O–H groups in total. The van der Waals surface area contributed by atoms with E-state index < -0.39 is 0 Å². The molecule has 0 saturated carbocycles. The third kappa shape index (κ3) is 2.96. The number of nitrogens with zero attached hydrogens (tertiary/aromatic N) is 1. The van der Waals surface area contributed by atoms with Gasteiger partial charge in [-0.05, 0) is 37.1 Å². The summed E-state index contributed by atoms with van der Waals surface area (Å²) in [5.41, 5.74) is 2.65. The Hall–Kier alpha value is -0.0500. The Bertz CT molecular complexity index is 353. The van der Waals surface area contributed by atoms with Crippen molar-refractivity contribution >= 4 is 27.5 Å². The summed E-state index contributed by atoms with van der Waals surface area (Å²) in [4.78, 5) is 2.41. The molecule has 0 amide bonds. The van der Waals surface area contributed by atoms with Gasteiger partial charge in [-0.2, -0.15) is 0 Å². The fourth-order valence-electron chi connectivity index (χ4n) is 1.92. The molecule has 3 heteroatoms. The van der Waals surface area contributed by atoms with E-state index in [1.54, 1.807) is 0 Å². The molecule has 1 fully saturated rings. The van der Waals surface area contributed by atoms with E-state index in [4.69, 9.17) is 11.6 Å². The normalized spacial score (nSPS) is 22.2. The first-order valence-corrected chi connectivity index (χ1v) is 6.49. The van der Waals surface area contributed by atoms with E-state index >= 15 is 0 Å². The third-order valence-corrected chi connectivity index (χ3v) is 4.07. The Morgan fingerprint density at radius 2 is 2.33 bits per heavy atom. The number of likely N-dealkylation sites (tertiary alicyclic amines) is 1. The second kappa shape index (κ2) is 4.86. The maximum absolute atomic E-state index is 6.08. The van der Waals surface area contributed by atoms with Crippen molar-refractivity contribution in [2.75, 3.05) is 13.1 Å². The highest BCUT2D eigenvalue weighted by Gasteiger charge is 2.20. The summed E-state index contributed by atoms with van der Waals surface area (Å²) in [7, 11) is 0. The van der Waals surface area contributed by atoms with Crippen LogP contribution in [-0.2, 0) is 6.54 Å². The Morgan fingerprint density at radius 3 is 2.93 bits per heavy atom. The molecule has 1 aromatic carbocycles. The minimum atomic E-state index is 0.346. The molecule has 0 aliphatic carbocycles. The van der Waals surface area contributed by atoms with Crippen LogP contribution in [0.5, 0.6) is 0 Å². The van der Waals surface area contributed by atoms with Crippen LogP contribution in [-0.4, -0.2) is 23.4 Å². The summed E-state index contributed by atoms with van der Waals surface area (Å²) in [6.07, 6.45) is 1.12. The number of hydrogen-bond donors (Lipinski definition) is 0. The highest BCUT2D eigenvalue weighted by atomic mass is 79.9. The molecular formula is C12H15BrClN. The highest BCUT2D eigenvalue weighted by Crippen LogP contribution is 2.21. The molecule has 1 aliphatic heterocycles. The first-order valence-electron chi connectivity index (χ1n) is 5.26. The molecule has 1 unspecified atom stereocenters. The van der Waals surface area contributed by atoms with Gasteiger partial charge in [-0.15, -0.1) is 11.6 Å². The molecule has 0 bridgehead atoms. The van der Waals surface area contributed by atoms with Gasteiger partial charge in [0.15, 0.2) is 0 Å². The molecule has 82 valence electrons. The topological polar surface area (TPSA) is 3.24 Å². The maximum atomic E-state index is 6.08. The van der Waals surface area contributed by atoms with Gasteiger partial charge in [0.1, 0.15) is 0 Å². The molecule has 1 aliphatic rings. The quantitative estimate of drug-likeness (QED) is 0.752. The smallest absolute Gasteiger partial charge is 0.0475 e. The monoisotopic (exact) mass is 287 g/mol. The van der Waals surface area contributed by atoms with Crippen LogP contribution >= 0.6 is 27.5 Å². The number of rotatable bonds is 2. The predicted molar refractivity (Wildman–Crippen MR) is 68.4 cm³/mol. The van der Waals surface area contributed by atoms with Crippen LogP contribution in [0.15, 0.2) is 22.7 Å². The average molecular weight is 289 g/mol. The summed E-state index contributed by atoms with van der Waals surface area (Å²) in [6.45, 7) is 5.27. The predicted octanol–water partition coefficient (Wildman–Crippen LogP) is 3.57. The molecule has 1 atom stereocenters.